The zero-order valence-electron chi connectivity index (χ0n) is 16.1. The monoisotopic (exact) mass is 448 g/mol. The minimum absolute atomic E-state index is 0.158. The van der Waals surface area contributed by atoms with Gasteiger partial charge < -0.3 is 10.6 Å². The summed E-state index contributed by atoms with van der Waals surface area (Å²) in [5, 5.41) is 20.1. The molecule has 1 unspecified atom stereocenters. The number of rotatable bonds is 6. The van der Waals surface area contributed by atoms with Gasteiger partial charge in [0.25, 0.3) is 0 Å². The summed E-state index contributed by atoms with van der Waals surface area (Å²) in [5.41, 5.74) is 6.09. The normalized spacial score (nSPS) is 14.3. The second-order valence-corrected chi connectivity index (χ2v) is 9.39. The minimum Gasteiger partial charge on any atom is -0.303 e. The van der Waals surface area contributed by atoms with Crippen LogP contribution in [-0.2, 0) is 9.59 Å². The Morgan fingerprint density at radius 3 is 2.59 bits per heavy atom. The maximum atomic E-state index is 12.6. The molecule has 1 aliphatic heterocycles. The first-order chi connectivity index (χ1) is 13.9. The Morgan fingerprint density at radius 1 is 1.21 bits per heavy atom. The number of anilines is 1. The molecule has 1 aromatic carbocycles. The van der Waals surface area contributed by atoms with Crippen molar-refractivity contribution in [1.82, 2.24) is 20.9 Å². The molecule has 0 saturated heterocycles. The van der Waals surface area contributed by atoms with E-state index in [1.165, 1.54) is 47.3 Å². The molecule has 2 heterocycles. The Hall–Kier alpha value is -2.37. The van der Waals surface area contributed by atoms with Crippen LogP contribution < -0.4 is 16.1 Å². The van der Waals surface area contributed by atoms with E-state index in [1.807, 2.05) is 43.5 Å². The molecule has 0 fully saturated rings. The van der Waals surface area contributed by atoms with Crippen molar-refractivity contribution >= 4 is 62.7 Å². The summed E-state index contributed by atoms with van der Waals surface area (Å²) >= 11 is 3.91. The number of hydrogen-bond acceptors (Lipinski definition) is 9. The Balaban J connectivity index is 1.55. The van der Waals surface area contributed by atoms with Gasteiger partial charge in [0, 0.05) is 17.9 Å². The maximum absolute atomic E-state index is 12.6. The van der Waals surface area contributed by atoms with Crippen LogP contribution in [0.4, 0.5) is 5.13 Å². The number of aromatic nitrogens is 2. The first-order valence-corrected chi connectivity index (χ1v) is 11.4. The first kappa shape index (κ1) is 21.3. The molecule has 1 aliphatic rings. The molecular weight excluding hydrogens is 428 g/mol. The van der Waals surface area contributed by atoms with E-state index in [2.05, 4.69) is 31.4 Å². The minimum atomic E-state index is -0.348. The van der Waals surface area contributed by atoms with E-state index in [9.17, 15) is 9.59 Å². The van der Waals surface area contributed by atoms with Crippen LogP contribution in [0.15, 0.2) is 39.1 Å². The molecule has 29 heavy (non-hydrogen) atoms. The van der Waals surface area contributed by atoms with Gasteiger partial charge in [0.1, 0.15) is 0 Å². The van der Waals surface area contributed by atoms with Gasteiger partial charge in [-0.25, -0.2) is 0 Å². The average Bonchev–Trinajstić information content (AvgIpc) is 3.13. The van der Waals surface area contributed by atoms with Crippen LogP contribution in [0, 0.1) is 6.92 Å². The van der Waals surface area contributed by atoms with Gasteiger partial charge in [-0.05, 0) is 13.3 Å². The molecule has 152 valence electrons. The second kappa shape index (κ2) is 9.90. The predicted molar refractivity (Wildman–Crippen MR) is 120 cm³/mol. The van der Waals surface area contributed by atoms with E-state index >= 15 is 0 Å². The van der Waals surface area contributed by atoms with Gasteiger partial charge >= 0.3 is 0 Å². The lowest BCUT2D eigenvalue weighted by atomic mass is 10.1. The molecule has 3 rings (SSSR count). The van der Waals surface area contributed by atoms with E-state index in [0.29, 0.717) is 21.1 Å². The number of nitrogens with one attached hydrogen (secondary N) is 3. The summed E-state index contributed by atoms with van der Waals surface area (Å²) in [4.78, 5) is 23.7. The van der Waals surface area contributed by atoms with Gasteiger partial charge in [-0.2, -0.15) is 0 Å². The smallest absolute Gasteiger partial charge is 0.239 e. The Kier molecular flexibility index (Phi) is 7.29. The quantitative estimate of drug-likeness (QED) is 0.459. The summed E-state index contributed by atoms with van der Waals surface area (Å²) in [5.74, 6) is -0.366. The van der Waals surface area contributed by atoms with Crippen molar-refractivity contribution in [3.8, 4) is 0 Å². The standard InChI is InChI=1S/C18H20N6O2S3/c1-4-14(28-18-24-23-17(29-18)19-11(3)25)15(26)20-16-22-21-13(9-27-16)12-7-5-10(2)6-8-12/h5-9,14,21H,4H2,1-3H3,(H,19,23,25)(H,20,22,26). The van der Waals surface area contributed by atoms with Gasteiger partial charge in [-0.1, -0.05) is 71.6 Å². The summed E-state index contributed by atoms with van der Waals surface area (Å²) in [6.07, 6.45) is 0.612. The fourth-order valence-electron chi connectivity index (χ4n) is 2.29. The first-order valence-electron chi connectivity index (χ1n) is 8.80. The van der Waals surface area contributed by atoms with E-state index < -0.39 is 0 Å². The summed E-state index contributed by atoms with van der Waals surface area (Å²) in [7, 11) is 0. The van der Waals surface area contributed by atoms with E-state index in [1.54, 1.807) is 0 Å². The molecule has 0 radical (unpaired) electrons. The SMILES string of the molecule is CCC(Sc1nnc(NC(C)=O)s1)C(=O)NC1=NNC(c2ccc(C)cc2)=CS1. The molecule has 1 aromatic heterocycles. The van der Waals surface area contributed by atoms with Crippen molar-refractivity contribution in [1.29, 1.82) is 0 Å². The molecule has 0 spiro atoms. The number of nitrogens with zero attached hydrogens (tertiary/aromatic N) is 3. The zero-order valence-corrected chi connectivity index (χ0v) is 18.5. The van der Waals surface area contributed by atoms with Crippen LogP contribution in [0.25, 0.3) is 5.70 Å². The number of amides is 2. The zero-order chi connectivity index (χ0) is 20.8. The summed E-state index contributed by atoms with van der Waals surface area (Å²) in [6.45, 7) is 5.37. The Morgan fingerprint density at radius 2 is 1.97 bits per heavy atom. The molecule has 0 aliphatic carbocycles. The molecular formula is C18H20N6O2S3. The van der Waals surface area contributed by atoms with Crippen molar-refractivity contribution in [2.75, 3.05) is 5.32 Å². The van der Waals surface area contributed by atoms with Gasteiger partial charge in [-0.15, -0.1) is 15.3 Å². The van der Waals surface area contributed by atoms with E-state index in [0.717, 1.165) is 11.3 Å². The molecule has 8 nitrogen and oxygen atoms in total. The summed E-state index contributed by atoms with van der Waals surface area (Å²) < 4.78 is 0.619. The van der Waals surface area contributed by atoms with Gasteiger partial charge in [0.05, 0.1) is 10.9 Å². The van der Waals surface area contributed by atoms with Crippen LogP contribution in [0.1, 0.15) is 31.4 Å². The highest BCUT2D eigenvalue weighted by Crippen LogP contribution is 2.30. The molecule has 1 atom stereocenters. The lowest BCUT2D eigenvalue weighted by molar-refractivity contribution is -0.119. The number of carbonyl (C=O) groups excluding carboxylic acids is 2. The molecule has 0 bridgehead atoms. The molecule has 2 aromatic rings. The maximum Gasteiger partial charge on any atom is 0.239 e. The molecule has 3 N–H and O–H groups in total. The van der Waals surface area contributed by atoms with Crippen LogP contribution in [0.5, 0.6) is 0 Å². The third-order valence-electron chi connectivity index (χ3n) is 3.75. The number of benzene rings is 1. The van der Waals surface area contributed by atoms with Gasteiger partial charge in [-0.3, -0.25) is 15.0 Å². The van der Waals surface area contributed by atoms with Crippen molar-refractivity contribution in [2.24, 2.45) is 5.10 Å². The second-order valence-electron chi connectivity index (χ2n) is 6.10. The largest absolute Gasteiger partial charge is 0.303 e. The lowest BCUT2D eigenvalue weighted by Crippen LogP contribution is -2.37. The fraction of sp³-hybridized carbons (Fsp3) is 0.278. The van der Waals surface area contributed by atoms with Crippen LogP contribution in [0.2, 0.25) is 0 Å². The van der Waals surface area contributed by atoms with Crippen molar-refractivity contribution in [2.45, 2.75) is 36.8 Å². The number of thioether (sulfide) groups is 2. The van der Waals surface area contributed by atoms with Crippen molar-refractivity contribution in [3.63, 3.8) is 0 Å². The van der Waals surface area contributed by atoms with Gasteiger partial charge in [0.2, 0.25) is 16.9 Å². The fourth-order valence-corrected chi connectivity index (χ4v) is 4.93. The number of amidine groups is 1. The third kappa shape index (κ3) is 6.05. The molecule has 2 amide bonds. The van der Waals surface area contributed by atoms with Crippen molar-refractivity contribution < 1.29 is 9.59 Å². The Bertz CT molecular complexity index is 955. The number of hydrazone groups is 1. The lowest BCUT2D eigenvalue weighted by Gasteiger charge is -2.17. The third-order valence-corrected chi connectivity index (χ3v) is 6.81. The van der Waals surface area contributed by atoms with Gasteiger partial charge in [0.15, 0.2) is 9.51 Å². The Labute approximate surface area is 181 Å². The highest BCUT2D eigenvalue weighted by molar-refractivity contribution is 8.16. The topological polar surface area (TPSA) is 108 Å². The van der Waals surface area contributed by atoms with Crippen LogP contribution in [-0.4, -0.2) is 32.4 Å². The van der Waals surface area contributed by atoms with E-state index in [-0.39, 0.29) is 17.1 Å². The molecule has 11 heteroatoms. The number of carbonyl (C=O) groups is 2. The highest BCUT2D eigenvalue weighted by atomic mass is 32.2. The average molecular weight is 449 g/mol. The summed E-state index contributed by atoms with van der Waals surface area (Å²) in [6, 6.07) is 8.12. The van der Waals surface area contributed by atoms with Crippen molar-refractivity contribution in [3.05, 3.63) is 40.8 Å². The molecule has 0 saturated carbocycles. The van der Waals surface area contributed by atoms with Crippen LogP contribution >= 0.6 is 34.9 Å². The highest BCUT2D eigenvalue weighted by Gasteiger charge is 2.22. The number of hydrogen-bond donors (Lipinski definition) is 3. The van der Waals surface area contributed by atoms with E-state index in [4.69, 9.17) is 0 Å². The van der Waals surface area contributed by atoms with Crippen LogP contribution in [0.3, 0.4) is 0 Å². The predicted octanol–water partition coefficient (Wildman–Crippen LogP) is 3.40. The number of aryl methyl sites for hydroxylation is 1.